The number of nitrogens with zero attached hydrogens (tertiary/aromatic N) is 4. The number of fused-ring (bicyclic) bond motifs is 1. The normalized spacial score (nSPS) is 11.2. The van der Waals surface area contributed by atoms with E-state index in [0.29, 0.717) is 31.2 Å². The Morgan fingerprint density at radius 2 is 2.10 bits per heavy atom. The van der Waals surface area contributed by atoms with Gasteiger partial charge in [-0.25, -0.2) is 0 Å². The molecule has 2 aromatic heterocycles. The quantitative estimate of drug-likeness (QED) is 0.529. The monoisotopic (exact) mass is 492 g/mol. The summed E-state index contributed by atoms with van der Waals surface area (Å²) in [5.41, 5.74) is 2.82. The predicted octanol–water partition coefficient (Wildman–Crippen LogP) is 2.87. The molecule has 0 aliphatic heterocycles. The molecule has 0 saturated carbocycles. The van der Waals surface area contributed by atoms with Gasteiger partial charge in [0, 0.05) is 0 Å². The van der Waals surface area contributed by atoms with Crippen LogP contribution in [0.2, 0.25) is 5.15 Å². The van der Waals surface area contributed by atoms with Gasteiger partial charge in [-0.3, -0.25) is 0 Å². The van der Waals surface area contributed by atoms with Crippen LogP contribution in [0.25, 0.3) is 22.2 Å². The molecule has 3 rings (SSSR count). The van der Waals surface area contributed by atoms with Crippen LogP contribution < -0.4 is 4.74 Å². The number of benzene rings is 1. The summed E-state index contributed by atoms with van der Waals surface area (Å²) < 4.78 is 7.77. The molecule has 0 fully saturated rings. The number of hydrogen-bond donors (Lipinski definition) is 0. The Bertz CT molecular complexity index is 803. The molecule has 3 aromatic rings. The van der Waals surface area contributed by atoms with Crippen LogP contribution in [0.15, 0.2) is 30.5 Å². The van der Waals surface area contributed by atoms with Gasteiger partial charge in [-0.05, 0) is 0 Å². The van der Waals surface area contributed by atoms with Gasteiger partial charge in [-0.2, -0.15) is 0 Å². The van der Waals surface area contributed by atoms with E-state index in [1.54, 1.807) is 12.3 Å². The third-order valence-electron chi connectivity index (χ3n) is 2.95. The fraction of sp³-hybridized carbons (Fsp3) is 0.214. The van der Waals surface area contributed by atoms with E-state index in [-0.39, 0.29) is 6.10 Å². The van der Waals surface area contributed by atoms with Crippen LogP contribution in [-0.4, -0.2) is 50.0 Å². The maximum atomic E-state index is 5.93. The Morgan fingerprint density at radius 1 is 1.29 bits per heavy atom. The maximum absolute atomic E-state index is 5.93. The van der Waals surface area contributed by atoms with Crippen molar-refractivity contribution in [3.05, 3.63) is 35.6 Å². The molecule has 0 N–H and O–H groups in total. The van der Waals surface area contributed by atoms with Crippen LogP contribution >= 0.6 is 11.6 Å². The molecule has 1 aromatic carbocycles. The second-order valence-corrected chi connectivity index (χ2v) is 7.19. The van der Waals surface area contributed by atoms with E-state index in [1.165, 1.54) is 0 Å². The van der Waals surface area contributed by atoms with Gasteiger partial charge in [-0.1, -0.05) is 0 Å². The molecule has 0 amide bonds. The van der Waals surface area contributed by atoms with Crippen molar-refractivity contribution in [1.29, 1.82) is 0 Å². The summed E-state index contributed by atoms with van der Waals surface area (Å²) in [7, 11) is 0. The molecule has 21 heavy (non-hydrogen) atoms. The van der Waals surface area contributed by atoms with E-state index >= 15 is 0 Å². The molecule has 0 aliphatic rings. The Labute approximate surface area is 143 Å². The Hall–Kier alpha value is -1.22. The van der Waals surface area contributed by atoms with Gasteiger partial charge in [0.2, 0.25) is 0 Å². The van der Waals surface area contributed by atoms with Crippen molar-refractivity contribution >= 4 is 48.6 Å². The fourth-order valence-electron chi connectivity index (χ4n) is 2.15. The zero-order valence-corrected chi connectivity index (χ0v) is 16.9. The van der Waals surface area contributed by atoms with Crippen molar-refractivity contribution in [3.8, 4) is 17.0 Å². The summed E-state index contributed by atoms with van der Waals surface area (Å²) in [6.07, 6.45) is 1.81. The first-order valence-electron chi connectivity index (χ1n) is 6.47. The van der Waals surface area contributed by atoms with E-state index < -0.39 is 0 Å². The van der Waals surface area contributed by atoms with E-state index in [1.807, 2.05) is 34.5 Å². The number of hydrogen-bond acceptors (Lipinski definition) is 4. The minimum absolute atomic E-state index is 0.135. The molecule has 7 heteroatoms. The fourth-order valence-corrected chi connectivity index (χ4v) is 3.63. The number of aromatic nitrogens is 4. The Balaban J connectivity index is 2.18. The van der Waals surface area contributed by atoms with Gasteiger partial charge >= 0.3 is 144 Å². The third-order valence-corrected chi connectivity index (χ3v) is 4.66. The van der Waals surface area contributed by atoms with Crippen LogP contribution in [0.4, 0.5) is 0 Å². The van der Waals surface area contributed by atoms with Gasteiger partial charge in [0.1, 0.15) is 0 Å². The van der Waals surface area contributed by atoms with Crippen LogP contribution in [0.3, 0.4) is 0 Å². The molecule has 0 atom stereocenters. The van der Waals surface area contributed by atoms with E-state index in [9.17, 15) is 0 Å². The topological polar surface area (TPSA) is 52.8 Å². The van der Waals surface area contributed by atoms with E-state index in [4.69, 9.17) is 16.3 Å². The summed E-state index contributed by atoms with van der Waals surface area (Å²) in [5, 5.41) is 13.7. The molecular formula is C14H12ClN4OTl. The molecule has 0 spiro atoms. The molecule has 0 saturated heterocycles. The molecule has 0 aliphatic carbocycles. The summed E-state index contributed by atoms with van der Waals surface area (Å²) >= 11 is 6.51. The first-order valence-corrected chi connectivity index (χ1v) is 8.86. The second kappa shape index (κ2) is 5.88. The Morgan fingerprint density at radius 3 is 2.81 bits per heavy atom. The van der Waals surface area contributed by atoms with Crippen LogP contribution in [0.1, 0.15) is 13.8 Å². The summed E-state index contributed by atoms with van der Waals surface area (Å²) in [6, 6.07) is 7.81. The molecule has 104 valence electrons. The average molecular weight is 492 g/mol. The molecule has 2 heterocycles. The summed E-state index contributed by atoms with van der Waals surface area (Å²) in [5.74, 6) is 0.838. The van der Waals surface area contributed by atoms with E-state index in [0.717, 1.165) is 27.9 Å². The number of rotatable bonds is 3. The van der Waals surface area contributed by atoms with Gasteiger partial charge in [0.05, 0.1) is 0 Å². The molecular weight excluding hydrogens is 480 g/mol. The summed E-state index contributed by atoms with van der Waals surface area (Å²) in [6.45, 7) is 4.02. The van der Waals surface area contributed by atoms with Crippen LogP contribution in [0.5, 0.6) is 5.75 Å². The molecule has 0 bridgehead atoms. The molecule has 0 unspecified atom stereocenters. The van der Waals surface area contributed by atoms with Crippen molar-refractivity contribution < 1.29 is 4.74 Å². The van der Waals surface area contributed by atoms with Gasteiger partial charge < -0.3 is 0 Å². The predicted molar refractivity (Wildman–Crippen MR) is 82.7 cm³/mol. The van der Waals surface area contributed by atoms with Crippen LogP contribution in [0, 0.1) is 0 Å². The van der Waals surface area contributed by atoms with Crippen LogP contribution in [-0.2, 0) is 0 Å². The van der Waals surface area contributed by atoms with E-state index in [2.05, 4.69) is 15.3 Å². The average Bonchev–Trinajstić information content (AvgIpc) is 2.75. The van der Waals surface area contributed by atoms with Gasteiger partial charge in [0.15, 0.2) is 0 Å². The van der Waals surface area contributed by atoms with Gasteiger partial charge in [-0.15, -0.1) is 0 Å². The zero-order chi connectivity index (χ0) is 15.0. The standard InChI is InChI=1S/C14H12ClN4O.Tl/c1-8(2)20-10-3-4-12-11(6-10)14(19-17-12)9-5-13(15)18-16-7-9;/h3-8H,1-2H3;/q-1;+1. The minimum atomic E-state index is 0.135. The number of halogens is 1. The van der Waals surface area contributed by atoms with Crippen molar-refractivity contribution in [2.75, 3.05) is 0 Å². The summed E-state index contributed by atoms with van der Waals surface area (Å²) in [4.78, 5) is 0. The zero-order valence-electron chi connectivity index (χ0n) is 11.6. The third kappa shape index (κ3) is 3.03. The second-order valence-electron chi connectivity index (χ2n) is 4.91. The van der Waals surface area contributed by atoms with Crippen molar-refractivity contribution in [2.24, 2.45) is 0 Å². The van der Waals surface area contributed by atoms with Gasteiger partial charge in [0.25, 0.3) is 0 Å². The van der Waals surface area contributed by atoms with Crippen molar-refractivity contribution in [2.45, 2.75) is 20.0 Å². The Kier molecular flexibility index (Phi) is 4.12. The SMILES string of the molecule is CC(C)Oc1ccc2c(c1)c(-c1cnnc(Cl)c1)n[n]2[Tl]. The first-order chi connectivity index (χ1) is 10.0. The number of ether oxygens (including phenoxy) is 1. The van der Waals surface area contributed by atoms with Crippen molar-refractivity contribution in [3.63, 3.8) is 0 Å². The first kappa shape index (κ1) is 14.7. The molecule has 5 nitrogen and oxygen atoms in total. The van der Waals surface area contributed by atoms with Crippen molar-refractivity contribution in [1.82, 2.24) is 17.8 Å². The molecule has 0 radical (unpaired) electrons.